The van der Waals surface area contributed by atoms with Gasteiger partial charge in [0.25, 0.3) is 5.91 Å². The van der Waals surface area contributed by atoms with Gasteiger partial charge in [-0.2, -0.15) is 13.2 Å². The summed E-state index contributed by atoms with van der Waals surface area (Å²) >= 11 is 1.11. The Bertz CT molecular complexity index is 1560. The first-order valence-corrected chi connectivity index (χ1v) is 12.7. The number of alkyl halides is 3. The van der Waals surface area contributed by atoms with E-state index < -0.39 is 65.3 Å². The highest BCUT2D eigenvalue weighted by Gasteiger charge is 2.48. The maximum Gasteiger partial charge on any atom is 0.408 e. The van der Waals surface area contributed by atoms with Gasteiger partial charge in [0.1, 0.15) is 30.4 Å². The van der Waals surface area contributed by atoms with Gasteiger partial charge < -0.3 is 9.64 Å². The highest BCUT2D eigenvalue weighted by Crippen LogP contribution is 2.45. The van der Waals surface area contributed by atoms with Crippen molar-refractivity contribution in [3.8, 4) is 5.75 Å². The molecule has 13 heteroatoms. The summed E-state index contributed by atoms with van der Waals surface area (Å²) in [6.45, 7) is 1.02. The Balaban J connectivity index is 1.84. The lowest BCUT2D eigenvalue weighted by Gasteiger charge is -2.46. The summed E-state index contributed by atoms with van der Waals surface area (Å²) in [5.41, 5.74) is -0.775. The van der Waals surface area contributed by atoms with E-state index in [9.17, 15) is 27.6 Å². The van der Waals surface area contributed by atoms with Crippen LogP contribution >= 0.6 is 11.8 Å². The van der Waals surface area contributed by atoms with Crippen molar-refractivity contribution in [2.75, 3.05) is 11.7 Å². The minimum Gasteiger partial charge on any atom is -0.420 e. The molecule has 0 radical (unpaired) electrons. The summed E-state index contributed by atoms with van der Waals surface area (Å²) in [5, 5.41) is 1.23. The van der Waals surface area contributed by atoms with Crippen LogP contribution in [-0.2, 0) is 10.5 Å². The number of aromatic nitrogens is 1. The van der Waals surface area contributed by atoms with Crippen LogP contribution in [0.2, 0.25) is 0 Å². The molecule has 0 aliphatic carbocycles. The normalized spacial score (nSPS) is 17.6. The number of hydrogen-bond acceptors (Lipinski definition) is 6. The summed E-state index contributed by atoms with van der Waals surface area (Å²) < 4.78 is 78.4. The second-order valence-electron chi connectivity index (χ2n) is 9.03. The lowest BCUT2D eigenvalue weighted by Crippen LogP contribution is -2.60. The van der Waals surface area contributed by atoms with E-state index in [0.29, 0.717) is 10.5 Å². The van der Waals surface area contributed by atoms with Crippen molar-refractivity contribution >= 4 is 23.6 Å². The Morgan fingerprint density at radius 2 is 1.77 bits per heavy atom. The average Bonchev–Trinajstić information content (AvgIpc) is 3.03. The van der Waals surface area contributed by atoms with E-state index in [1.165, 1.54) is 35.3 Å². The molecule has 0 N–H and O–H groups in total. The van der Waals surface area contributed by atoms with Gasteiger partial charge in [0.05, 0.1) is 0 Å². The van der Waals surface area contributed by atoms with Gasteiger partial charge >= 0.3 is 12.1 Å². The van der Waals surface area contributed by atoms with E-state index >= 15 is 8.78 Å². The zero-order valence-electron chi connectivity index (χ0n) is 20.5. The number of pyridine rings is 1. The van der Waals surface area contributed by atoms with E-state index in [2.05, 4.69) is 0 Å². The first kappa shape index (κ1) is 26.7. The zero-order valence-corrected chi connectivity index (χ0v) is 21.3. The number of rotatable bonds is 3. The fourth-order valence-corrected chi connectivity index (χ4v) is 5.89. The summed E-state index contributed by atoms with van der Waals surface area (Å²) in [4.78, 5) is 38.5. The summed E-state index contributed by atoms with van der Waals surface area (Å²) in [5.74, 6) is -4.09. The van der Waals surface area contributed by atoms with Crippen molar-refractivity contribution in [3.63, 3.8) is 0 Å². The fraction of sp³-hybridized carbons (Fsp3) is 0.269. The third-order valence-electron chi connectivity index (χ3n) is 6.64. The SMILES string of the molecule is CC(=O)Oc1c2n(ccc1=O)N(C1c3cccc(F)c3SCc3cccc(F)c31)CN([C@H](C)C(F)(F)F)C2=O. The van der Waals surface area contributed by atoms with Gasteiger partial charge in [-0.1, -0.05) is 24.3 Å². The van der Waals surface area contributed by atoms with Crippen LogP contribution in [0.3, 0.4) is 0 Å². The molecule has 0 bridgehead atoms. The van der Waals surface area contributed by atoms with Crippen LogP contribution in [0.1, 0.15) is 47.1 Å². The molecule has 5 rings (SSSR count). The zero-order chi connectivity index (χ0) is 28.2. The highest BCUT2D eigenvalue weighted by atomic mass is 32.2. The van der Waals surface area contributed by atoms with Gasteiger partial charge in [-0.15, -0.1) is 11.8 Å². The van der Waals surface area contributed by atoms with Crippen LogP contribution in [0.25, 0.3) is 0 Å². The minimum atomic E-state index is -4.87. The molecule has 7 nitrogen and oxygen atoms in total. The molecule has 2 atom stereocenters. The molecule has 204 valence electrons. The molecule has 0 saturated heterocycles. The third-order valence-corrected chi connectivity index (χ3v) is 7.81. The maximum absolute atomic E-state index is 15.5. The van der Waals surface area contributed by atoms with Crippen molar-refractivity contribution < 1.29 is 36.3 Å². The molecular formula is C26H20F5N3O4S. The highest BCUT2D eigenvalue weighted by molar-refractivity contribution is 7.98. The molecule has 1 aromatic heterocycles. The number of carbonyl (C=O) groups is 2. The summed E-state index contributed by atoms with van der Waals surface area (Å²) in [6, 6.07) is 5.84. The van der Waals surface area contributed by atoms with E-state index in [1.807, 2.05) is 0 Å². The molecule has 2 aromatic carbocycles. The first-order valence-electron chi connectivity index (χ1n) is 11.7. The van der Waals surface area contributed by atoms with Crippen LogP contribution in [0.5, 0.6) is 5.75 Å². The van der Waals surface area contributed by atoms with E-state index in [-0.39, 0.29) is 21.8 Å². The van der Waals surface area contributed by atoms with Crippen molar-refractivity contribution in [3.05, 3.63) is 92.9 Å². The van der Waals surface area contributed by atoms with Crippen molar-refractivity contribution in [1.82, 2.24) is 9.58 Å². The summed E-state index contributed by atoms with van der Waals surface area (Å²) in [6.07, 6.45) is -3.73. The van der Waals surface area contributed by atoms with E-state index in [1.54, 1.807) is 6.07 Å². The fourth-order valence-electron chi connectivity index (χ4n) is 4.79. The smallest absolute Gasteiger partial charge is 0.408 e. The summed E-state index contributed by atoms with van der Waals surface area (Å²) in [7, 11) is 0. The second kappa shape index (κ2) is 9.70. The molecule has 3 aromatic rings. The number of thioether (sulfide) groups is 1. The lowest BCUT2D eigenvalue weighted by atomic mass is 9.93. The van der Waals surface area contributed by atoms with Crippen molar-refractivity contribution in [1.29, 1.82) is 0 Å². The monoisotopic (exact) mass is 565 g/mol. The van der Waals surface area contributed by atoms with Crippen LogP contribution in [0.15, 0.2) is 58.4 Å². The van der Waals surface area contributed by atoms with E-state index in [4.69, 9.17) is 4.74 Å². The number of nitrogens with zero attached hydrogens (tertiary/aromatic N) is 3. The topological polar surface area (TPSA) is 71.8 Å². The number of halogens is 5. The third kappa shape index (κ3) is 4.54. The Kier molecular flexibility index (Phi) is 6.65. The number of amides is 1. The van der Waals surface area contributed by atoms with Gasteiger partial charge in [-0.3, -0.25) is 24.1 Å². The predicted octanol–water partition coefficient (Wildman–Crippen LogP) is 4.75. The van der Waals surface area contributed by atoms with Crippen LogP contribution in [0, 0.1) is 11.6 Å². The van der Waals surface area contributed by atoms with Gasteiger partial charge in [-0.25, -0.2) is 8.78 Å². The van der Waals surface area contributed by atoms with Crippen LogP contribution < -0.4 is 15.2 Å². The standard InChI is InChI=1S/C26H20F5N3O4S/c1-13(26(29,30)31)32-12-34(33-10-9-19(36)23(38-14(2)35)22(33)25(32)37)21-16-6-4-8-18(28)24(16)39-11-15-5-3-7-17(27)20(15)21/h3-10,13,21H,11-12H2,1-2H3/t13-,21?/m1/s1. The molecule has 3 heterocycles. The quantitative estimate of drug-likeness (QED) is 0.337. The number of esters is 1. The molecule has 0 saturated carbocycles. The Hall–Kier alpha value is -3.87. The molecule has 1 unspecified atom stereocenters. The lowest BCUT2D eigenvalue weighted by molar-refractivity contribution is -0.173. The predicted molar refractivity (Wildman–Crippen MR) is 131 cm³/mol. The number of fused-ring (bicyclic) bond motifs is 3. The Morgan fingerprint density at radius 3 is 2.46 bits per heavy atom. The molecule has 0 fully saturated rings. The number of ether oxygens (including phenoxy) is 1. The maximum atomic E-state index is 15.5. The first-order chi connectivity index (χ1) is 18.4. The van der Waals surface area contributed by atoms with Crippen molar-refractivity contribution in [2.24, 2.45) is 0 Å². The molecule has 2 aliphatic heterocycles. The molecule has 39 heavy (non-hydrogen) atoms. The average molecular weight is 566 g/mol. The number of benzene rings is 2. The number of carbonyl (C=O) groups excluding carboxylic acids is 2. The van der Waals surface area contributed by atoms with Gasteiger partial charge in [0, 0.05) is 35.4 Å². The Labute approximate surface area is 222 Å². The number of hydrogen-bond donors (Lipinski definition) is 0. The molecule has 1 amide bonds. The Morgan fingerprint density at radius 1 is 1.08 bits per heavy atom. The van der Waals surface area contributed by atoms with Crippen LogP contribution in [-0.4, -0.2) is 40.3 Å². The van der Waals surface area contributed by atoms with Crippen molar-refractivity contribution in [2.45, 2.75) is 42.8 Å². The van der Waals surface area contributed by atoms with Gasteiger partial charge in [-0.05, 0) is 30.2 Å². The van der Waals surface area contributed by atoms with Gasteiger partial charge in [0.15, 0.2) is 5.69 Å². The molecular weight excluding hydrogens is 545 g/mol. The largest absolute Gasteiger partial charge is 0.420 e. The minimum absolute atomic E-state index is 0.0713. The second-order valence-corrected chi connectivity index (χ2v) is 10.0. The molecule has 0 spiro atoms. The molecule has 2 aliphatic rings. The van der Waals surface area contributed by atoms with Gasteiger partial charge in [0.2, 0.25) is 11.2 Å². The van der Waals surface area contributed by atoms with E-state index in [0.717, 1.165) is 42.5 Å². The van der Waals surface area contributed by atoms with Crippen LogP contribution in [0.4, 0.5) is 22.0 Å².